The Balaban J connectivity index is 1.30. The van der Waals surface area contributed by atoms with Gasteiger partial charge in [-0.05, 0) is 40.7 Å². The lowest BCUT2D eigenvalue weighted by molar-refractivity contribution is -0.144. The Morgan fingerprint density at radius 3 is 2.05 bits per heavy atom. The molecule has 2 aliphatic rings. The SMILES string of the molecule is O=C(NC1(C(=O)NC(CC(F)F)C(=O)O)CCN(Cc2ccccc2)CC1)OCC1c2ccccc2-c2ccccc21. The molecule has 220 valence electrons. The quantitative estimate of drug-likeness (QED) is 0.320. The van der Waals surface area contributed by atoms with Crippen molar-refractivity contribution in [3.63, 3.8) is 0 Å². The molecule has 3 aromatic carbocycles. The lowest BCUT2D eigenvalue weighted by Crippen LogP contribution is -2.65. The number of hydrogen-bond acceptors (Lipinski definition) is 5. The molecule has 1 fully saturated rings. The van der Waals surface area contributed by atoms with E-state index in [4.69, 9.17) is 4.74 Å². The lowest BCUT2D eigenvalue weighted by Gasteiger charge is -2.41. The summed E-state index contributed by atoms with van der Waals surface area (Å²) >= 11 is 0. The van der Waals surface area contributed by atoms with Crippen LogP contribution in [-0.4, -0.2) is 65.7 Å². The predicted octanol–water partition coefficient (Wildman–Crippen LogP) is 4.78. The molecule has 10 heteroatoms. The number of carbonyl (C=O) groups is 3. The van der Waals surface area contributed by atoms with Gasteiger partial charge < -0.3 is 20.5 Å². The number of rotatable bonds is 10. The second-order valence-corrected chi connectivity index (χ2v) is 10.8. The van der Waals surface area contributed by atoms with Gasteiger partial charge in [0.2, 0.25) is 12.3 Å². The minimum Gasteiger partial charge on any atom is -0.480 e. The number of ether oxygens (including phenoxy) is 1. The number of nitrogens with one attached hydrogen (secondary N) is 2. The molecule has 0 spiro atoms. The molecule has 8 nitrogen and oxygen atoms in total. The first kappa shape index (κ1) is 29.2. The first-order chi connectivity index (χ1) is 20.3. The Kier molecular flexibility index (Phi) is 8.82. The van der Waals surface area contributed by atoms with Crippen LogP contribution in [0.25, 0.3) is 11.1 Å². The highest BCUT2D eigenvalue weighted by Gasteiger charge is 2.45. The standard InChI is InChI=1S/C32H33F2N3O5/c33-28(34)18-27(29(38)39)35-30(40)32(14-16-37(17-15-32)19-21-8-2-1-3-9-21)36-31(41)42-20-26-24-12-6-4-10-22(24)23-11-5-7-13-25(23)26/h1-13,26-28H,14-20H2,(H,35,40)(H,36,41)(H,38,39). The molecule has 0 bridgehead atoms. The van der Waals surface area contributed by atoms with E-state index in [-0.39, 0.29) is 25.4 Å². The molecule has 42 heavy (non-hydrogen) atoms. The van der Waals surface area contributed by atoms with Crippen LogP contribution in [0, 0.1) is 0 Å². The smallest absolute Gasteiger partial charge is 0.408 e. The third-order valence-corrected chi connectivity index (χ3v) is 8.10. The van der Waals surface area contributed by atoms with E-state index in [1.165, 1.54) is 0 Å². The fraction of sp³-hybridized carbons (Fsp3) is 0.344. The van der Waals surface area contributed by atoms with E-state index in [1.54, 1.807) is 0 Å². The number of nitrogens with zero attached hydrogens (tertiary/aromatic N) is 1. The van der Waals surface area contributed by atoms with Crippen LogP contribution in [-0.2, 0) is 20.9 Å². The number of carboxylic acid groups (broad SMARTS) is 1. The highest BCUT2D eigenvalue weighted by molar-refractivity contribution is 5.93. The molecular weight excluding hydrogens is 544 g/mol. The summed E-state index contributed by atoms with van der Waals surface area (Å²) in [5, 5.41) is 14.4. The Morgan fingerprint density at radius 2 is 1.48 bits per heavy atom. The summed E-state index contributed by atoms with van der Waals surface area (Å²) in [5.74, 6) is -2.58. The fourth-order valence-electron chi connectivity index (χ4n) is 5.87. The summed E-state index contributed by atoms with van der Waals surface area (Å²) < 4.78 is 31.8. The number of halogens is 2. The van der Waals surface area contributed by atoms with Crippen LogP contribution >= 0.6 is 0 Å². The number of amides is 2. The van der Waals surface area contributed by atoms with Crippen molar-refractivity contribution in [3.05, 3.63) is 95.6 Å². The lowest BCUT2D eigenvalue weighted by atomic mass is 9.86. The monoisotopic (exact) mass is 577 g/mol. The number of likely N-dealkylation sites (tertiary alicyclic amines) is 1. The normalized spacial score (nSPS) is 16.7. The van der Waals surface area contributed by atoms with Gasteiger partial charge in [0.1, 0.15) is 18.2 Å². The van der Waals surface area contributed by atoms with Crippen LogP contribution in [0.15, 0.2) is 78.9 Å². The van der Waals surface area contributed by atoms with Crippen molar-refractivity contribution in [1.29, 1.82) is 0 Å². The number of carboxylic acids is 1. The van der Waals surface area contributed by atoms with E-state index in [0.717, 1.165) is 27.8 Å². The van der Waals surface area contributed by atoms with Crippen molar-refractivity contribution in [2.75, 3.05) is 19.7 Å². The van der Waals surface area contributed by atoms with E-state index in [9.17, 15) is 28.3 Å². The first-order valence-electron chi connectivity index (χ1n) is 14.0. The van der Waals surface area contributed by atoms with Gasteiger partial charge in [-0.25, -0.2) is 18.4 Å². The Labute approximate surface area is 242 Å². The minimum absolute atomic E-state index is 0.0286. The largest absolute Gasteiger partial charge is 0.480 e. The molecular formula is C32H33F2N3O5. The summed E-state index contributed by atoms with van der Waals surface area (Å²) in [6, 6.07) is 23.8. The van der Waals surface area contributed by atoms with Gasteiger partial charge in [-0.2, -0.15) is 0 Å². The molecule has 5 rings (SSSR count). The summed E-state index contributed by atoms with van der Waals surface area (Å²) in [6.45, 7) is 1.49. The molecule has 1 aliphatic heterocycles. The highest BCUT2D eigenvalue weighted by Crippen LogP contribution is 2.44. The molecule has 2 amide bonds. The van der Waals surface area contributed by atoms with Gasteiger partial charge in [0.15, 0.2) is 0 Å². The zero-order valence-electron chi connectivity index (χ0n) is 23.0. The number of hydrogen-bond donors (Lipinski definition) is 3. The summed E-state index contributed by atoms with van der Waals surface area (Å²) in [7, 11) is 0. The average molecular weight is 578 g/mol. The maximum atomic E-state index is 13.5. The maximum Gasteiger partial charge on any atom is 0.408 e. The van der Waals surface area contributed by atoms with E-state index in [1.807, 2.05) is 78.9 Å². The maximum absolute atomic E-state index is 13.5. The topological polar surface area (TPSA) is 108 Å². The summed E-state index contributed by atoms with van der Waals surface area (Å²) in [6.07, 6.45) is -4.50. The minimum atomic E-state index is -2.93. The molecule has 3 N–H and O–H groups in total. The molecule has 0 aromatic heterocycles. The van der Waals surface area contributed by atoms with Gasteiger partial charge in [-0.3, -0.25) is 9.69 Å². The van der Waals surface area contributed by atoms with Gasteiger partial charge in [0.05, 0.1) is 0 Å². The average Bonchev–Trinajstić information content (AvgIpc) is 3.30. The number of aliphatic carboxylic acids is 1. The van der Waals surface area contributed by atoms with Crippen LogP contribution in [0.2, 0.25) is 0 Å². The van der Waals surface area contributed by atoms with Crippen LogP contribution in [0.3, 0.4) is 0 Å². The molecule has 1 unspecified atom stereocenters. The molecule has 0 radical (unpaired) electrons. The van der Waals surface area contributed by atoms with Gasteiger partial charge in [-0.15, -0.1) is 0 Å². The van der Waals surface area contributed by atoms with Gasteiger partial charge in [0, 0.05) is 32.0 Å². The van der Waals surface area contributed by atoms with Crippen molar-refractivity contribution in [3.8, 4) is 11.1 Å². The third kappa shape index (κ3) is 6.44. The van der Waals surface area contributed by atoms with Gasteiger partial charge in [-0.1, -0.05) is 78.9 Å². The number of alkyl carbamates (subject to hydrolysis) is 1. The molecule has 1 saturated heterocycles. The zero-order valence-corrected chi connectivity index (χ0v) is 23.0. The van der Waals surface area contributed by atoms with Crippen LogP contribution < -0.4 is 10.6 Å². The zero-order chi connectivity index (χ0) is 29.7. The Hall–Kier alpha value is -4.31. The van der Waals surface area contributed by atoms with Crippen molar-refractivity contribution in [2.45, 2.75) is 49.7 Å². The number of alkyl halides is 2. The van der Waals surface area contributed by atoms with Gasteiger partial charge in [0.25, 0.3) is 0 Å². The number of fused-ring (bicyclic) bond motifs is 3. The molecule has 0 saturated carbocycles. The van der Waals surface area contributed by atoms with E-state index in [2.05, 4.69) is 15.5 Å². The van der Waals surface area contributed by atoms with Crippen LogP contribution in [0.4, 0.5) is 13.6 Å². The first-order valence-corrected chi connectivity index (χ1v) is 14.0. The van der Waals surface area contributed by atoms with Crippen molar-refractivity contribution < 1.29 is 33.0 Å². The van der Waals surface area contributed by atoms with Crippen molar-refractivity contribution >= 4 is 18.0 Å². The molecule has 3 aromatic rings. The van der Waals surface area contributed by atoms with Gasteiger partial charge >= 0.3 is 12.1 Å². The van der Waals surface area contributed by atoms with Crippen LogP contribution in [0.1, 0.15) is 41.9 Å². The predicted molar refractivity (Wildman–Crippen MR) is 152 cm³/mol. The van der Waals surface area contributed by atoms with E-state index < -0.39 is 42.4 Å². The number of piperidine rings is 1. The summed E-state index contributed by atoms with van der Waals surface area (Å²) in [4.78, 5) is 40.4. The van der Waals surface area contributed by atoms with Crippen molar-refractivity contribution in [2.24, 2.45) is 0 Å². The van der Waals surface area contributed by atoms with Crippen LogP contribution in [0.5, 0.6) is 0 Å². The Morgan fingerprint density at radius 1 is 0.905 bits per heavy atom. The third-order valence-electron chi connectivity index (χ3n) is 8.10. The van der Waals surface area contributed by atoms with Crippen molar-refractivity contribution in [1.82, 2.24) is 15.5 Å². The number of benzene rings is 3. The second kappa shape index (κ2) is 12.7. The molecule has 1 aliphatic carbocycles. The molecule has 1 atom stereocenters. The second-order valence-electron chi connectivity index (χ2n) is 10.8. The Bertz CT molecular complexity index is 1380. The number of carbonyl (C=O) groups excluding carboxylic acids is 2. The summed E-state index contributed by atoms with van der Waals surface area (Å²) in [5.41, 5.74) is 3.77. The molecule has 1 heterocycles. The highest BCUT2D eigenvalue weighted by atomic mass is 19.3. The van der Waals surface area contributed by atoms with E-state index in [0.29, 0.717) is 19.6 Å². The van der Waals surface area contributed by atoms with E-state index >= 15 is 0 Å². The fourth-order valence-corrected chi connectivity index (χ4v) is 5.87.